The minimum Gasteiger partial charge on any atom is -0.457 e. The van der Waals surface area contributed by atoms with Gasteiger partial charge in [-0.3, -0.25) is 9.78 Å². The number of carbonyl (C=O) groups excluding carboxylic acids is 2. The lowest BCUT2D eigenvalue weighted by molar-refractivity contribution is -0.246. The van der Waals surface area contributed by atoms with Crippen molar-refractivity contribution in [3.63, 3.8) is 0 Å². The molecule has 0 unspecified atom stereocenters. The van der Waals surface area contributed by atoms with Crippen LogP contribution in [0, 0.1) is 5.92 Å². The zero-order valence-corrected chi connectivity index (χ0v) is 21.3. The van der Waals surface area contributed by atoms with Gasteiger partial charge in [0.1, 0.15) is 11.5 Å². The Balaban J connectivity index is 1.51. The first kappa shape index (κ1) is 27.8. The molecule has 1 saturated heterocycles. The van der Waals surface area contributed by atoms with Crippen molar-refractivity contribution in [1.82, 2.24) is 14.4 Å². The fourth-order valence-electron chi connectivity index (χ4n) is 4.69. The van der Waals surface area contributed by atoms with E-state index in [2.05, 4.69) is 9.82 Å². The molecule has 0 radical (unpaired) electrons. The van der Waals surface area contributed by atoms with E-state index in [0.29, 0.717) is 42.9 Å². The number of rotatable bonds is 6. The van der Waals surface area contributed by atoms with E-state index in [1.807, 2.05) is 0 Å². The number of carbonyl (C=O) groups is 2. The Morgan fingerprint density at radius 1 is 0.974 bits per heavy atom. The third-order valence-electron chi connectivity index (χ3n) is 6.60. The number of ether oxygens (including phenoxy) is 1. The smallest absolute Gasteiger partial charge is 0.457 e. The monoisotopic (exact) mass is 555 g/mol. The molecule has 38 heavy (non-hydrogen) atoms. The van der Waals surface area contributed by atoms with Crippen LogP contribution in [0.15, 0.2) is 53.7 Å². The quantitative estimate of drug-likeness (QED) is 0.485. The summed E-state index contributed by atoms with van der Waals surface area (Å²) in [5.41, 5.74) is 0. The molecule has 13 heteroatoms. The fourth-order valence-corrected chi connectivity index (χ4v) is 6.25. The van der Waals surface area contributed by atoms with Gasteiger partial charge in [-0.05, 0) is 49.9 Å². The van der Waals surface area contributed by atoms with Gasteiger partial charge in [0, 0.05) is 31.5 Å². The summed E-state index contributed by atoms with van der Waals surface area (Å²) in [6.07, 6.45) is 1.39. The Bertz CT molecular complexity index is 1240. The van der Waals surface area contributed by atoms with E-state index >= 15 is 0 Å². The highest BCUT2D eigenvalue weighted by molar-refractivity contribution is 7.89. The first-order valence-electron chi connectivity index (χ1n) is 12.4. The molecular weight excluding hydrogens is 527 g/mol. The summed E-state index contributed by atoms with van der Waals surface area (Å²) < 4.78 is 72.6. The van der Waals surface area contributed by atoms with Crippen LogP contribution in [0.1, 0.15) is 44.9 Å². The van der Waals surface area contributed by atoms with E-state index in [0.717, 1.165) is 10.7 Å². The van der Waals surface area contributed by atoms with Crippen LogP contribution in [0.4, 0.5) is 13.2 Å². The summed E-state index contributed by atoms with van der Waals surface area (Å²) in [6.45, 7) is -0.114. The van der Waals surface area contributed by atoms with Crippen LogP contribution < -0.4 is 4.74 Å². The van der Waals surface area contributed by atoms with E-state index in [4.69, 9.17) is 4.74 Å². The van der Waals surface area contributed by atoms with Gasteiger partial charge in [-0.25, -0.2) is 13.2 Å². The molecule has 1 aromatic heterocycles. The molecule has 9 nitrogen and oxygen atoms in total. The van der Waals surface area contributed by atoms with Crippen molar-refractivity contribution in [2.45, 2.75) is 62.1 Å². The number of alkyl halides is 3. The summed E-state index contributed by atoms with van der Waals surface area (Å²) in [4.78, 5) is 33.4. The standard InChI is InChI=1S/C25H28F3N3O6S/c26-25(27,28)24(33)37-31(19-7-2-1-3-8-19)23(32)18-6-5-15-30(17-18)38(34,35)22-10-4-9-21(16-22)36-20-11-13-29-14-12-20/h4,9-14,16,18-19H,1-3,5-8,15,17H2/t18-/m0/s1. The average molecular weight is 556 g/mol. The third-order valence-corrected chi connectivity index (χ3v) is 8.46. The van der Waals surface area contributed by atoms with Crippen molar-refractivity contribution in [3.05, 3.63) is 48.8 Å². The summed E-state index contributed by atoms with van der Waals surface area (Å²) in [7, 11) is -4.06. The molecule has 0 spiro atoms. The van der Waals surface area contributed by atoms with Crippen molar-refractivity contribution < 1.29 is 40.8 Å². The maximum absolute atomic E-state index is 13.4. The van der Waals surface area contributed by atoms with Crippen molar-refractivity contribution >= 4 is 21.9 Å². The number of hydrogen-bond acceptors (Lipinski definition) is 7. The maximum atomic E-state index is 13.4. The lowest BCUT2D eigenvalue weighted by atomic mass is 9.93. The number of hydroxylamine groups is 2. The lowest BCUT2D eigenvalue weighted by Gasteiger charge is -2.37. The number of benzene rings is 1. The number of nitrogens with zero attached hydrogens (tertiary/aromatic N) is 3. The largest absolute Gasteiger partial charge is 0.493 e. The first-order valence-corrected chi connectivity index (χ1v) is 13.8. The Labute approximate surface area is 218 Å². The van der Waals surface area contributed by atoms with Gasteiger partial charge in [0.25, 0.3) is 5.91 Å². The van der Waals surface area contributed by atoms with Crippen molar-refractivity contribution in [3.8, 4) is 11.5 Å². The van der Waals surface area contributed by atoms with Crippen molar-refractivity contribution in [1.29, 1.82) is 0 Å². The highest BCUT2D eigenvalue weighted by Gasteiger charge is 2.46. The van der Waals surface area contributed by atoms with Crippen molar-refractivity contribution in [2.24, 2.45) is 5.92 Å². The lowest BCUT2D eigenvalue weighted by Crippen LogP contribution is -2.51. The molecule has 2 aliphatic rings. The van der Waals surface area contributed by atoms with E-state index in [-0.39, 0.29) is 30.2 Å². The van der Waals surface area contributed by atoms with Gasteiger partial charge in [-0.15, -0.1) is 0 Å². The molecule has 0 N–H and O–H groups in total. The zero-order chi connectivity index (χ0) is 27.3. The van der Waals surface area contributed by atoms with Crippen LogP contribution in [-0.2, 0) is 24.4 Å². The van der Waals surface area contributed by atoms with Crippen molar-refractivity contribution in [2.75, 3.05) is 13.1 Å². The minimum atomic E-state index is -5.27. The highest BCUT2D eigenvalue weighted by Crippen LogP contribution is 2.31. The van der Waals surface area contributed by atoms with Gasteiger partial charge >= 0.3 is 12.1 Å². The highest BCUT2D eigenvalue weighted by atomic mass is 32.2. The number of sulfonamides is 1. The molecule has 1 amide bonds. The molecule has 1 aliphatic carbocycles. The van der Waals surface area contributed by atoms with Gasteiger partial charge in [-0.1, -0.05) is 25.3 Å². The Morgan fingerprint density at radius 3 is 2.37 bits per heavy atom. The van der Waals surface area contributed by atoms with Gasteiger partial charge in [0.05, 0.1) is 16.9 Å². The molecular formula is C25H28F3N3O6S. The van der Waals surface area contributed by atoms with Crippen LogP contribution >= 0.6 is 0 Å². The molecule has 206 valence electrons. The Morgan fingerprint density at radius 2 is 1.68 bits per heavy atom. The predicted octanol–water partition coefficient (Wildman–Crippen LogP) is 4.46. The van der Waals surface area contributed by atoms with Crippen LogP contribution in [0.5, 0.6) is 11.5 Å². The number of hydrogen-bond donors (Lipinski definition) is 0. The molecule has 1 aliphatic heterocycles. The molecule has 2 heterocycles. The fraction of sp³-hybridized carbons (Fsp3) is 0.480. The van der Waals surface area contributed by atoms with Gasteiger partial charge < -0.3 is 9.57 Å². The zero-order valence-electron chi connectivity index (χ0n) is 20.5. The maximum Gasteiger partial charge on any atom is 0.493 e. The van der Waals surface area contributed by atoms with Crippen LogP contribution in [0.25, 0.3) is 0 Å². The van der Waals surface area contributed by atoms with E-state index in [1.165, 1.54) is 30.6 Å². The van der Waals surface area contributed by atoms with Gasteiger partial charge in [0.2, 0.25) is 10.0 Å². The average Bonchev–Trinajstić information content (AvgIpc) is 2.92. The summed E-state index contributed by atoms with van der Waals surface area (Å²) >= 11 is 0. The number of amides is 1. The second-order valence-corrected chi connectivity index (χ2v) is 11.2. The second-order valence-electron chi connectivity index (χ2n) is 9.29. The topological polar surface area (TPSA) is 106 Å². The second kappa shape index (κ2) is 11.7. The molecule has 2 fully saturated rings. The molecule has 1 saturated carbocycles. The number of piperidine rings is 1. The molecule has 0 bridgehead atoms. The normalized spacial score (nSPS) is 19.5. The first-order chi connectivity index (χ1) is 18.1. The number of halogens is 3. The molecule has 2 aromatic rings. The van der Waals surface area contributed by atoms with E-state index in [9.17, 15) is 31.2 Å². The molecule has 1 aromatic carbocycles. The summed E-state index contributed by atoms with van der Waals surface area (Å²) in [6, 6.07) is 8.44. The molecule has 4 rings (SSSR count). The van der Waals surface area contributed by atoms with Crippen LogP contribution in [0.2, 0.25) is 0 Å². The predicted molar refractivity (Wildman–Crippen MR) is 128 cm³/mol. The SMILES string of the molecule is O=C([C@H]1CCCN(S(=O)(=O)c2cccc(Oc3ccncc3)c2)C1)N(OC(=O)C(F)(F)F)C1CCCCC1. The van der Waals surface area contributed by atoms with Crippen LogP contribution in [-0.4, -0.2) is 60.0 Å². The number of pyridine rings is 1. The molecule has 1 atom stereocenters. The number of aromatic nitrogens is 1. The summed E-state index contributed by atoms with van der Waals surface area (Å²) in [5, 5.41) is 0.555. The minimum absolute atomic E-state index is 0.0511. The Hall–Kier alpha value is -3.19. The van der Waals surface area contributed by atoms with Gasteiger partial charge in [0.15, 0.2) is 0 Å². The van der Waals surface area contributed by atoms with E-state index < -0.39 is 40.0 Å². The van der Waals surface area contributed by atoms with E-state index in [1.54, 1.807) is 18.2 Å². The third kappa shape index (κ3) is 6.62. The Kier molecular flexibility index (Phi) is 8.56. The summed E-state index contributed by atoms with van der Waals surface area (Å²) in [5.74, 6) is -3.50. The van der Waals surface area contributed by atoms with Gasteiger partial charge in [-0.2, -0.15) is 22.5 Å². The van der Waals surface area contributed by atoms with Crippen LogP contribution in [0.3, 0.4) is 0 Å².